The average Bonchev–Trinajstić information content (AvgIpc) is 2.31. The summed E-state index contributed by atoms with van der Waals surface area (Å²) in [4.78, 5) is 14.7. The van der Waals surface area contributed by atoms with Crippen molar-refractivity contribution in [1.82, 2.24) is 4.90 Å². The van der Waals surface area contributed by atoms with Crippen LogP contribution in [0.5, 0.6) is 0 Å². The molecule has 1 aromatic carbocycles. The van der Waals surface area contributed by atoms with Gasteiger partial charge in [0.15, 0.2) is 5.82 Å². The second-order valence-corrected chi connectivity index (χ2v) is 5.44. The van der Waals surface area contributed by atoms with Crippen LogP contribution in [0.2, 0.25) is 0 Å². The Bertz CT molecular complexity index is 466. The molecule has 0 radical (unpaired) electrons. The normalized spacial score (nSPS) is 10.8. The Kier molecular flexibility index (Phi) is 5.75. The third kappa shape index (κ3) is 4.18. The SMILES string of the molecule is CN(C)CCCN(C)c1ccc(C(=O)O)c(Br)c1F. The van der Waals surface area contributed by atoms with Crippen molar-refractivity contribution in [3.05, 3.63) is 28.0 Å². The number of benzene rings is 1. The molecule has 0 aliphatic rings. The van der Waals surface area contributed by atoms with Crippen LogP contribution in [0.3, 0.4) is 0 Å². The van der Waals surface area contributed by atoms with E-state index in [9.17, 15) is 9.18 Å². The zero-order valence-corrected chi connectivity index (χ0v) is 12.9. The Morgan fingerprint density at radius 3 is 2.47 bits per heavy atom. The second kappa shape index (κ2) is 6.86. The minimum absolute atomic E-state index is 0.00282. The molecule has 0 spiro atoms. The molecule has 0 unspecified atom stereocenters. The fourth-order valence-corrected chi connectivity index (χ4v) is 2.25. The van der Waals surface area contributed by atoms with Crippen molar-refractivity contribution >= 4 is 27.6 Å². The number of anilines is 1. The molecule has 0 saturated carbocycles. The minimum Gasteiger partial charge on any atom is -0.478 e. The Balaban J connectivity index is 2.84. The predicted molar refractivity (Wildman–Crippen MR) is 77.5 cm³/mol. The van der Waals surface area contributed by atoms with Gasteiger partial charge in [-0.05, 0) is 55.1 Å². The van der Waals surface area contributed by atoms with Crippen LogP contribution in [-0.2, 0) is 0 Å². The summed E-state index contributed by atoms with van der Waals surface area (Å²) in [7, 11) is 5.76. The molecule has 1 rings (SSSR count). The van der Waals surface area contributed by atoms with Crippen molar-refractivity contribution in [3.8, 4) is 0 Å². The van der Waals surface area contributed by atoms with Gasteiger partial charge in [0.05, 0.1) is 15.7 Å². The highest BCUT2D eigenvalue weighted by atomic mass is 79.9. The standard InChI is InChI=1S/C13H18BrFN2O2/c1-16(2)7-4-8-17(3)10-6-5-9(13(18)19)11(14)12(10)15/h5-6H,4,7-8H2,1-3H3,(H,18,19). The van der Waals surface area contributed by atoms with Crippen LogP contribution in [0.1, 0.15) is 16.8 Å². The lowest BCUT2D eigenvalue weighted by molar-refractivity contribution is 0.0695. The van der Waals surface area contributed by atoms with Gasteiger partial charge in [0.2, 0.25) is 0 Å². The van der Waals surface area contributed by atoms with Crippen LogP contribution in [-0.4, -0.2) is 50.2 Å². The molecule has 0 aromatic heterocycles. The van der Waals surface area contributed by atoms with Crippen molar-refractivity contribution < 1.29 is 14.3 Å². The third-order valence-electron chi connectivity index (χ3n) is 2.80. The van der Waals surface area contributed by atoms with Gasteiger partial charge in [0.25, 0.3) is 0 Å². The van der Waals surface area contributed by atoms with Gasteiger partial charge in [-0.25, -0.2) is 9.18 Å². The summed E-state index contributed by atoms with van der Waals surface area (Å²) in [5.41, 5.74) is 0.332. The molecule has 0 aliphatic heterocycles. The lowest BCUT2D eigenvalue weighted by atomic mass is 10.2. The van der Waals surface area contributed by atoms with Gasteiger partial charge in [0.1, 0.15) is 0 Å². The van der Waals surface area contributed by atoms with Crippen LogP contribution in [0.25, 0.3) is 0 Å². The lowest BCUT2D eigenvalue weighted by Gasteiger charge is -2.21. The van der Waals surface area contributed by atoms with Gasteiger partial charge in [-0.1, -0.05) is 0 Å². The fraction of sp³-hybridized carbons (Fsp3) is 0.462. The quantitative estimate of drug-likeness (QED) is 0.869. The molecule has 1 aromatic rings. The number of hydrogen-bond acceptors (Lipinski definition) is 3. The second-order valence-electron chi connectivity index (χ2n) is 4.64. The van der Waals surface area contributed by atoms with Crippen LogP contribution in [0, 0.1) is 5.82 Å². The number of rotatable bonds is 6. The minimum atomic E-state index is -1.15. The number of hydrogen-bond donors (Lipinski definition) is 1. The smallest absolute Gasteiger partial charge is 0.336 e. The van der Waals surface area contributed by atoms with Gasteiger partial charge in [-0.15, -0.1) is 0 Å². The molecule has 4 nitrogen and oxygen atoms in total. The maximum atomic E-state index is 14.1. The molecule has 0 heterocycles. The van der Waals surface area contributed by atoms with Gasteiger partial charge in [0, 0.05) is 13.6 Å². The van der Waals surface area contributed by atoms with E-state index < -0.39 is 11.8 Å². The van der Waals surface area contributed by atoms with Gasteiger partial charge >= 0.3 is 5.97 Å². The molecule has 0 amide bonds. The molecule has 6 heteroatoms. The Hall–Kier alpha value is -1.14. The van der Waals surface area contributed by atoms with Crippen molar-refractivity contribution in [1.29, 1.82) is 0 Å². The molecular weight excluding hydrogens is 315 g/mol. The Labute approximate surface area is 120 Å². The van der Waals surface area contributed by atoms with E-state index in [0.29, 0.717) is 12.2 Å². The molecule has 0 fully saturated rings. The lowest BCUT2D eigenvalue weighted by Crippen LogP contribution is -2.24. The van der Waals surface area contributed by atoms with Gasteiger partial charge < -0.3 is 14.9 Å². The highest BCUT2D eigenvalue weighted by Gasteiger charge is 2.17. The zero-order valence-electron chi connectivity index (χ0n) is 11.3. The largest absolute Gasteiger partial charge is 0.478 e. The van der Waals surface area contributed by atoms with Crippen LogP contribution in [0.15, 0.2) is 16.6 Å². The zero-order chi connectivity index (χ0) is 14.6. The first kappa shape index (κ1) is 15.9. The summed E-state index contributed by atoms with van der Waals surface area (Å²) in [5, 5.41) is 8.91. The van der Waals surface area contributed by atoms with E-state index in [1.807, 2.05) is 14.1 Å². The summed E-state index contributed by atoms with van der Waals surface area (Å²) >= 11 is 3.00. The molecule has 0 aliphatic carbocycles. The van der Waals surface area contributed by atoms with Crippen molar-refractivity contribution in [2.75, 3.05) is 39.1 Å². The van der Waals surface area contributed by atoms with Crippen LogP contribution in [0.4, 0.5) is 10.1 Å². The average molecular weight is 333 g/mol. The summed E-state index contributed by atoms with van der Waals surface area (Å²) in [6.45, 7) is 1.62. The maximum Gasteiger partial charge on any atom is 0.336 e. The third-order valence-corrected chi connectivity index (χ3v) is 3.58. The van der Waals surface area contributed by atoms with E-state index in [-0.39, 0.29) is 10.0 Å². The van der Waals surface area contributed by atoms with Gasteiger partial charge in [-0.3, -0.25) is 0 Å². The van der Waals surface area contributed by atoms with Crippen LogP contribution < -0.4 is 4.90 Å². The first-order chi connectivity index (χ1) is 8.84. The first-order valence-corrected chi connectivity index (χ1v) is 6.71. The molecule has 0 bridgehead atoms. The van der Waals surface area contributed by atoms with Gasteiger partial charge in [-0.2, -0.15) is 0 Å². The molecule has 19 heavy (non-hydrogen) atoms. The van der Waals surface area contributed by atoms with E-state index in [2.05, 4.69) is 20.8 Å². The maximum absolute atomic E-state index is 14.1. The summed E-state index contributed by atoms with van der Waals surface area (Å²) in [5.74, 6) is -1.68. The van der Waals surface area contributed by atoms with E-state index in [0.717, 1.165) is 13.0 Å². The number of carboxylic acids is 1. The van der Waals surface area contributed by atoms with E-state index >= 15 is 0 Å². The molecule has 1 N–H and O–H groups in total. The van der Waals surface area contributed by atoms with E-state index in [1.54, 1.807) is 11.9 Å². The number of halogens is 2. The summed E-state index contributed by atoms with van der Waals surface area (Å²) < 4.78 is 14.1. The monoisotopic (exact) mass is 332 g/mol. The summed E-state index contributed by atoms with van der Waals surface area (Å²) in [6.07, 6.45) is 0.904. The van der Waals surface area contributed by atoms with Crippen molar-refractivity contribution in [3.63, 3.8) is 0 Å². The molecular formula is C13H18BrFN2O2. The number of carboxylic acid groups (broad SMARTS) is 1. The topological polar surface area (TPSA) is 43.8 Å². The Morgan fingerprint density at radius 2 is 1.95 bits per heavy atom. The molecule has 0 atom stereocenters. The predicted octanol–water partition coefficient (Wildman–Crippen LogP) is 2.67. The van der Waals surface area contributed by atoms with E-state index in [1.165, 1.54) is 12.1 Å². The van der Waals surface area contributed by atoms with Crippen molar-refractivity contribution in [2.24, 2.45) is 0 Å². The fourth-order valence-electron chi connectivity index (χ4n) is 1.74. The number of nitrogens with zero attached hydrogens (tertiary/aromatic N) is 2. The van der Waals surface area contributed by atoms with E-state index in [4.69, 9.17) is 5.11 Å². The Morgan fingerprint density at radius 1 is 1.32 bits per heavy atom. The molecule has 0 saturated heterocycles. The highest BCUT2D eigenvalue weighted by molar-refractivity contribution is 9.10. The number of carbonyl (C=O) groups is 1. The molecule has 106 valence electrons. The van der Waals surface area contributed by atoms with Crippen molar-refractivity contribution in [2.45, 2.75) is 6.42 Å². The first-order valence-electron chi connectivity index (χ1n) is 5.91. The number of aromatic carboxylic acids is 1. The highest BCUT2D eigenvalue weighted by Crippen LogP contribution is 2.29. The van der Waals surface area contributed by atoms with Crippen LogP contribution >= 0.6 is 15.9 Å². The summed E-state index contributed by atoms with van der Waals surface area (Å²) in [6, 6.07) is 2.91.